The average Bonchev–Trinajstić information content (AvgIpc) is 2.81. The summed E-state index contributed by atoms with van der Waals surface area (Å²) >= 11 is 1.57. The minimum Gasteiger partial charge on any atom is -0.480 e. The molecule has 1 aromatic rings. The summed E-state index contributed by atoms with van der Waals surface area (Å²) in [5.74, 6) is -0.210. The highest BCUT2D eigenvalue weighted by Crippen LogP contribution is 2.35. The summed E-state index contributed by atoms with van der Waals surface area (Å²) < 4.78 is 0. The maximum atomic E-state index is 12.8. The number of aryl methyl sites for hydroxylation is 1. The van der Waals surface area contributed by atoms with Crippen LogP contribution in [0.3, 0.4) is 0 Å². The Hall–Kier alpha value is -1.49. The molecule has 1 aliphatic heterocycles. The van der Waals surface area contributed by atoms with Gasteiger partial charge in [-0.15, -0.1) is 11.8 Å². The van der Waals surface area contributed by atoms with E-state index in [9.17, 15) is 14.7 Å². The fraction of sp³-hybridized carbons (Fsp3) is 0.500. The van der Waals surface area contributed by atoms with Crippen molar-refractivity contribution in [1.82, 2.24) is 4.90 Å². The zero-order valence-electron chi connectivity index (χ0n) is 12.6. The van der Waals surface area contributed by atoms with E-state index in [1.807, 2.05) is 25.1 Å². The Morgan fingerprint density at radius 1 is 1.38 bits per heavy atom. The minimum absolute atomic E-state index is 0.0572. The lowest BCUT2D eigenvalue weighted by atomic mass is 10.0. The van der Waals surface area contributed by atoms with Crippen LogP contribution < -0.4 is 0 Å². The quantitative estimate of drug-likeness (QED) is 0.929. The molecule has 0 aromatic heterocycles. The van der Waals surface area contributed by atoms with Gasteiger partial charge >= 0.3 is 5.97 Å². The van der Waals surface area contributed by atoms with E-state index in [0.29, 0.717) is 17.2 Å². The molecule has 2 atom stereocenters. The number of aliphatic carboxylic acids is 1. The van der Waals surface area contributed by atoms with E-state index >= 15 is 0 Å². The Labute approximate surface area is 129 Å². The van der Waals surface area contributed by atoms with Crippen LogP contribution in [-0.4, -0.2) is 39.1 Å². The summed E-state index contributed by atoms with van der Waals surface area (Å²) in [4.78, 5) is 25.8. The lowest BCUT2D eigenvalue weighted by Gasteiger charge is -2.29. The van der Waals surface area contributed by atoms with Crippen molar-refractivity contribution in [3.63, 3.8) is 0 Å². The normalized spacial score (nSPS) is 21.8. The monoisotopic (exact) mass is 307 g/mol. The fourth-order valence-corrected chi connectivity index (χ4v) is 4.19. The number of hydrogen-bond donors (Lipinski definition) is 1. The van der Waals surface area contributed by atoms with Crippen LogP contribution in [0.2, 0.25) is 0 Å². The molecule has 1 aromatic carbocycles. The number of benzene rings is 1. The first-order valence-electron chi connectivity index (χ1n) is 7.14. The number of nitrogens with zero attached hydrogens (tertiary/aromatic N) is 1. The molecule has 0 radical (unpaired) electrons. The van der Waals surface area contributed by atoms with Gasteiger partial charge in [-0.3, -0.25) is 4.79 Å². The molecule has 0 spiro atoms. The van der Waals surface area contributed by atoms with E-state index in [-0.39, 0.29) is 11.3 Å². The second-order valence-electron chi connectivity index (χ2n) is 5.80. The van der Waals surface area contributed by atoms with E-state index in [0.717, 1.165) is 12.0 Å². The lowest BCUT2D eigenvalue weighted by Crippen LogP contribution is -2.46. The first kappa shape index (κ1) is 15.9. The zero-order valence-corrected chi connectivity index (χ0v) is 13.4. The lowest BCUT2D eigenvalue weighted by molar-refractivity contribution is -0.141. The Balaban J connectivity index is 2.32. The van der Waals surface area contributed by atoms with Crippen LogP contribution in [0.15, 0.2) is 24.3 Å². The molecule has 114 valence electrons. The molecule has 1 N–H and O–H groups in total. The SMILES string of the molecule is Cc1ccccc1C(=O)N1[C@H](CC(C)C)SC[C@H]1C(=O)O. The number of carboxylic acids is 1. The van der Waals surface area contributed by atoms with Gasteiger partial charge in [0.25, 0.3) is 5.91 Å². The smallest absolute Gasteiger partial charge is 0.327 e. The third-order valence-corrected chi connectivity index (χ3v) is 4.97. The molecule has 1 saturated heterocycles. The highest BCUT2D eigenvalue weighted by molar-refractivity contribution is 8.00. The predicted octanol–water partition coefficient (Wildman–Crippen LogP) is 3.01. The third kappa shape index (κ3) is 3.40. The first-order valence-corrected chi connectivity index (χ1v) is 8.19. The maximum Gasteiger partial charge on any atom is 0.327 e. The van der Waals surface area contributed by atoms with E-state index in [1.165, 1.54) is 0 Å². The Kier molecular flexibility index (Phi) is 4.93. The molecule has 4 nitrogen and oxygen atoms in total. The second kappa shape index (κ2) is 6.52. The van der Waals surface area contributed by atoms with Crippen molar-refractivity contribution < 1.29 is 14.7 Å². The Bertz CT molecular complexity index is 544. The van der Waals surface area contributed by atoms with Crippen molar-refractivity contribution in [3.8, 4) is 0 Å². The van der Waals surface area contributed by atoms with Gasteiger partial charge in [-0.2, -0.15) is 0 Å². The van der Waals surface area contributed by atoms with Crippen molar-refractivity contribution in [2.75, 3.05) is 5.75 Å². The van der Waals surface area contributed by atoms with Crippen LogP contribution in [0, 0.1) is 12.8 Å². The summed E-state index contributed by atoms with van der Waals surface area (Å²) in [6.45, 7) is 6.06. The van der Waals surface area contributed by atoms with Gasteiger partial charge in [0.2, 0.25) is 0 Å². The standard InChI is InChI=1S/C16H21NO3S/c1-10(2)8-14-17(13(9-21-14)16(19)20)15(18)12-7-5-4-6-11(12)3/h4-7,10,13-14H,8-9H2,1-3H3,(H,19,20)/t13-,14-/m0/s1. The van der Waals surface area contributed by atoms with Gasteiger partial charge in [-0.1, -0.05) is 32.0 Å². The second-order valence-corrected chi connectivity index (χ2v) is 7.01. The number of hydrogen-bond acceptors (Lipinski definition) is 3. The van der Waals surface area contributed by atoms with Crippen molar-refractivity contribution >= 4 is 23.6 Å². The number of thioether (sulfide) groups is 1. The highest BCUT2D eigenvalue weighted by atomic mass is 32.2. The van der Waals surface area contributed by atoms with Gasteiger partial charge in [0.1, 0.15) is 6.04 Å². The van der Waals surface area contributed by atoms with E-state index in [4.69, 9.17) is 0 Å². The third-order valence-electron chi connectivity index (χ3n) is 3.66. The largest absolute Gasteiger partial charge is 0.480 e. The number of carboxylic acid groups (broad SMARTS) is 1. The molecular formula is C16H21NO3S. The van der Waals surface area contributed by atoms with Gasteiger partial charge in [-0.25, -0.2) is 4.79 Å². The average molecular weight is 307 g/mol. The van der Waals surface area contributed by atoms with E-state index in [2.05, 4.69) is 13.8 Å². The molecule has 21 heavy (non-hydrogen) atoms. The summed E-state index contributed by atoms with van der Waals surface area (Å²) in [6, 6.07) is 6.61. The summed E-state index contributed by atoms with van der Waals surface area (Å²) in [5.41, 5.74) is 1.48. The summed E-state index contributed by atoms with van der Waals surface area (Å²) in [5, 5.41) is 9.34. The molecular weight excluding hydrogens is 286 g/mol. The number of carbonyl (C=O) groups is 2. The van der Waals surface area contributed by atoms with Crippen LogP contribution in [-0.2, 0) is 4.79 Å². The van der Waals surface area contributed by atoms with Crippen molar-refractivity contribution in [2.45, 2.75) is 38.6 Å². The molecule has 1 heterocycles. The van der Waals surface area contributed by atoms with Crippen molar-refractivity contribution in [3.05, 3.63) is 35.4 Å². The Morgan fingerprint density at radius 3 is 2.62 bits per heavy atom. The van der Waals surface area contributed by atoms with Crippen LogP contribution in [0.5, 0.6) is 0 Å². The number of carbonyl (C=O) groups excluding carboxylic acids is 1. The molecule has 0 aliphatic carbocycles. The van der Waals surface area contributed by atoms with E-state index in [1.54, 1.807) is 22.7 Å². The molecule has 5 heteroatoms. The molecule has 2 rings (SSSR count). The summed E-state index contributed by atoms with van der Waals surface area (Å²) in [6.07, 6.45) is 0.812. The fourth-order valence-electron chi connectivity index (χ4n) is 2.56. The van der Waals surface area contributed by atoms with Crippen LogP contribution in [0.1, 0.15) is 36.2 Å². The van der Waals surface area contributed by atoms with Crippen LogP contribution in [0.25, 0.3) is 0 Å². The molecule has 1 amide bonds. The van der Waals surface area contributed by atoms with E-state index < -0.39 is 12.0 Å². The topological polar surface area (TPSA) is 57.6 Å². The molecule has 0 bridgehead atoms. The van der Waals surface area contributed by atoms with Crippen LogP contribution in [0.4, 0.5) is 0 Å². The highest BCUT2D eigenvalue weighted by Gasteiger charge is 2.42. The first-order chi connectivity index (χ1) is 9.91. The molecule has 0 unspecified atom stereocenters. The predicted molar refractivity (Wildman–Crippen MR) is 84.5 cm³/mol. The van der Waals surface area contributed by atoms with Crippen molar-refractivity contribution in [1.29, 1.82) is 0 Å². The zero-order chi connectivity index (χ0) is 15.6. The number of amides is 1. The molecule has 1 aliphatic rings. The number of rotatable bonds is 4. The van der Waals surface area contributed by atoms with Gasteiger partial charge in [0, 0.05) is 11.3 Å². The molecule has 0 saturated carbocycles. The molecule has 1 fully saturated rings. The van der Waals surface area contributed by atoms with Crippen molar-refractivity contribution in [2.24, 2.45) is 5.92 Å². The maximum absolute atomic E-state index is 12.8. The minimum atomic E-state index is -0.921. The van der Waals surface area contributed by atoms with Crippen LogP contribution >= 0.6 is 11.8 Å². The van der Waals surface area contributed by atoms with Gasteiger partial charge in [-0.05, 0) is 30.9 Å². The Morgan fingerprint density at radius 2 is 2.05 bits per heavy atom. The van der Waals surface area contributed by atoms with Gasteiger partial charge < -0.3 is 10.0 Å². The van der Waals surface area contributed by atoms with Gasteiger partial charge in [0.05, 0.1) is 5.37 Å². The van der Waals surface area contributed by atoms with Gasteiger partial charge in [0.15, 0.2) is 0 Å². The summed E-state index contributed by atoms with van der Waals surface area (Å²) in [7, 11) is 0.